The Hall–Kier alpha value is -3.28. The predicted octanol–water partition coefficient (Wildman–Crippen LogP) is 4.12. The largest absolute Gasteiger partial charge is 0.480 e. The number of amides is 1. The van der Waals surface area contributed by atoms with Crippen LogP contribution in [0.5, 0.6) is 5.88 Å². The first-order valence-corrected chi connectivity index (χ1v) is 10.2. The summed E-state index contributed by atoms with van der Waals surface area (Å²) < 4.78 is 26.7. The second-order valence-electron chi connectivity index (χ2n) is 9.26. The monoisotopic (exact) mass is 427 g/mol. The number of nitriles is 1. The number of carbonyl (C=O) groups excluding carboxylic acids is 1. The number of nitrogens with one attached hydrogen (secondary N) is 1. The van der Waals surface area contributed by atoms with E-state index < -0.39 is 11.4 Å². The van der Waals surface area contributed by atoms with Gasteiger partial charge in [-0.05, 0) is 45.7 Å². The zero-order valence-electron chi connectivity index (χ0n) is 18.4. The molecule has 1 amide bonds. The van der Waals surface area contributed by atoms with Gasteiger partial charge in [-0.1, -0.05) is 6.92 Å². The predicted molar refractivity (Wildman–Crippen MR) is 113 cm³/mol. The number of ether oxygens (including phenoxy) is 2. The molecule has 0 saturated carbocycles. The fourth-order valence-corrected chi connectivity index (χ4v) is 4.26. The molecule has 1 saturated heterocycles. The van der Waals surface area contributed by atoms with Crippen LogP contribution >= 0.6 is 0 Å². The third-order valence-corrected chi connectivity index (χ3v) is 5.83. The van der Waals surface area contributed by atoms with Crippen molar-refractivity contribution in [1.82, 2.24) is 19.5 Å². The third kappa shape index (κ3) is 3.56. The molecule has 0 radical (unpaired) electrons. The maximum absolute atomic E-state index is 14.0. The van der Waals surface area contributed by atoms with Gasteiger partial charge in [0.15, 0.2) is 0 Å². The van der Waals surface area contributed by atoms with E-state index in [1.54, 1.807) is 16.5 Å². The van der Waals surface area contributed by atoms with Gasteiger partial charge in [0.2, 0.25) is 5.88 Å². The molecule has 164 valence electrons. The minimum absolute atomic E-state index is 0.197. The van der Waals surface area contributed by atoms with Crippen molar-refractivity contribution in [1.29, 1.82) is 5.26 Å². The third-order valence-electron chi connectivity index (χ3n) is 5.83. The van der Waals surface area contributed by atoms with E-state index in [4.69, 9.17) is 9.47 Å². The molecule has 31 heavy (non-hydrogen) atoms. The summed E-state index contributed by atoms with van der Waals surface area (Å²) in [6.45, 7) is 8.72. The first-order chi connectivity index (χ1) is 14.6. The van der Waals surface area contributed by atoms with Gasteiger partial charge < -0.3 is 19.4 Å². The Labute approximate surface area is 179 Å². The number of imidazole rings is 1. The minimum Gasteiger partial charge on any atom is -0.480 e. The molecule has 1 N–H and O–H groups in total. The number of carbonyl (C=O) groups is 1. The minimum atomic E-state index is -0.544. The van der Waals surface area contributed by atoms with Crippen LogP contribution in [0.1, 0.15) is 51.7 Å². The van der Waals surface area contributed by atoms with Gasteiger partial charge >= 0.3 is 6.09 Å². The zero-order chi connectivity index (χ0) is 22.6. The summed E-state index contributed by atoms with van der Waals surface area (Å²) >= 11 is 0. The lowest BCUT2D eigenvalue weighted by molar-refractivity contribution is 0.0171. The number of piperidine rings is 1. The highest BCUT2D eigenvalue weighted by molar-refractivity contribution is 5.87. The van der Waals surface area contributed by atoms with Crippen LogP contribution in [0.25, 0.3) is 16.7 Å². The number of aromatic amines is 1. The number of fused-ring (bicyclic) bond motifs is 3. The number of benzene rings is 1. The molecule has 1 aromatic carbocycles. The molecule has 0 unspecified atom stereocenters. The standard InChI is InChI=1S/C22H26FN5O3/c1-21(2,3)31-20(29)27-8-6-22(4,7-9-27)16-18-25-15-11-14(23)10-13(12-24)17(15)28(18)26-19(16)30-5/h10-11,25H,6-9H2,1-5H3. The highest BCUT2D eigenvalue weighted by atomic mass is 19.1. The molecule has 3 heterocycles. The summed E-state index contributed by atoms with van der Waals surface area (Å²) in [5.74, 6) is -0.0338. The molecule has 8 nitrogen and oxygen atoms in total. The summed E-state index contributed by atoms with van der Waals surface area (Å²) in [4.78, 5) is 17.4. The lowest BCUT2D eigenvalue weighted by Gasteiger charge is -2.39. The van der Waals surface area contributed by atoms with Crippen LogP contribution in [0.2, 0.25) is 0 Å². The quantitative estimate of drug-likeness (QED) is 0.664. The van der Waals surface area contributed by atoms with E-state index >= 15 is 0 Å². The van der Waals surface area contributed by atoms with Crippen LogP contribution in [0.15, 0.2) is 12.1 Å². The van der Waals surface area contributed by atoms with E-state index in [9.17, 15) is 14.4 Å². The van der Waals surface area contributed by atoms with Crippen molar-refractivity contribution in [2.75, 3.05) is 20.2 Å². The molecule has 0 aliphatic carbocycles. The molecule has 0 bridgehead atoms. The van der Waals surface area contributed by atoms with Crippen molar-refractivity contribution in [3.63, 3.8) is 0 Å². The highest BCUT2D eigenvalue weighted by Crippen LogP contribution is 2.43. The lowest BCUT2D eigenvalue weighted by Crippen LogP contribution is -2.45. The molecule has 0 atom stereocenters. The summed E-state index contributed by atoms with van der Waals surface area (Å²) in [6.07, 6.45) is 1.04. The van der Waals surface area contributed by atoms with E-state index in [0.717, 1.165) is 5.56 Å². The summed E-state index contributed by atoms with van der Waals surface area (Å²) in [5, 5.41) is 14.0. The molecule has 1 aliphatic rings. The van der Waals surface area contributed by atoms with E-state index in [2.05, 4.69) is 17.0 Å². The molecule has 1 fully saturated rings. The molecular formula is C22H26FN5O3. The molecule has 0 spiro atoms. The topological polar surface area (TPSA) is 95.6 Å². The molecular weight excluding hydrogens is 401 g/mol. The van der Waals surface area contributed by atoms with Crippen molar-refractivity contribution >= 4 is 22.8 Å². The number of likely N-dealkylation sites (tertiary alicyclic amines) is 1. The van der Waals surface area contributed by atoms with E-state index in [1.165, 1.54) is 12.1 Å². The van der Waals surface area contributed by atoms with Gasteiger partial charge in [-0.15, -0.1) is 5.10 Å². The van der Waals surface area contributed by atoms with E-state index in [1.807, 2.05) is 26.8 Å². The zero-order valence-corrected chi connectivity index (χ0v) is 18.4. The molecule has 4 rings (SSSR count). The Kier molecular flexibility index (Phi) is 4.84. The maximum atomic E-state index is 14.0. The van der Waals surface area contributed by atoms with Crippen LogP contribution in [0.3, 0.4) is 0 Å². The number of hydrogen-bond acceptors (Lipinski definition) is 5. The Morgan fingerprint density at radius 3 is 2.58 bits per heavy atom. The van der Waals surface area contributed by atoms with Crippen LogP contribution in [-0.2, 0) is 10.2 Å². The van der Waals surface area contributed by atoms with Gasteiger partial charge in [0.1, 0.15) is 28.7 Å². The molecule has 1 aliphatic heterocycles. The maximum Gasteiger partial charge on any atom is 0.410 e. The number of hydrogen-bond donors (Lipinski definition) is 1. The number of nitrogens with zero attached hydrogens (tertiary/aromatic N) is 4. The summed E-state index contributed by atoms with van der Waals surface area (Å²) in [5.41, 5.74) is 1.86. The first kappa shape index (κ1) is 21.0. The Bertz CT molecular complexity index is 1210. The van der Waals surface area contributed by atoms with Crippen molar-refractivity contribution in [2.45, 2.75) is 51.6 Å². The van der Waals surface area contributed by atoms with Gasteiger partial charge in [0, 0.05) is 18.5 Å². The number of H-pyrrole nitrogens is 1. The van der Waals surface area contributed by atoms with Gasteiger partial charge in [0.25, 0.3) is 0 Å². The van der Waals surface area contributed by atoms with Crippen molar-refractivity contribution in [2.24, 2.45) is 0 Å². The van der Waals surface area contributed by atoms with Gasteiger partial charge in [-0.2, -0.15) is 5.26 Å². The number of aromatic nitrogens is 3. The number of methoxy groups -OCH3 is 1. The second-order valence-corrected chi connectivity index (χ2v) is 9.26. The van der Waals surface area contributed by atoms with Crippen LogP contribution in [-0.4, -0.2) is 51.4 Å². The summed E-state index contributed by atoms with van der Waals surface area (Å²) in [6, 6.07) is 4.60. The van der Waals surface area contributed by atoms with Crippen molar-refractivity contribution in [3.05, 3.63) is 29.1 Å². The fourth-order valence-electron chi connectivity index (χ4n) is 4.26. The second kappa shape index (κ2) is 7.15. The number of halogens is 1. The van der Waals surface area contributed by atoms with Gasteiger partial charge in [0.05, 0.1) is 23.8 Å². The van der Waals surface area contributed by atoms with E-state index in [0.29, 0.717) is 48.5 Å². The Morgan fingerprint density at radius 2 is 2.00 bits per heavy atom. The Morgan fingerprint density at radius 1 is 1.32 bits per heavy atom. The van der Waals surface area contributed by atoms with Crippen molar-refractivity contribution in [3.8, 4) is 11.9 Å². The van der Waals surface area contributed by atoms with Crippen LogP contribution < -0.4 is 4.74 Å². The molecule has 9 heteroatoms. The number of rotatable bonds is 2. The van der Waals surface area contributed by atoms with E-state index in [-0.39, 0.29) is 17.1 Å². The Balaban J connectivity index is 1.73. The SMILES string of the molecule is COc1nn2c([nH]c3cc(F)cc(C#N)c32)c1C1(C)CCN(C(=O)OC(C)(C)C)CC1. The average Bonchev–Trinajstić information content (AvgIpc) is 3.21. The van der Waals surface area contributed by atoms with Crippen LogP contribution in [0, 0.1) is 17.1 Å². The molecule has 2 aromatic heterocycles. The fraction of sp³-hybridized carbons (Fsp3) is 0.500. The average molecular weight is 427 g/mol. The summed E-state index contributed by atoms with van der Waals surface area (Å²) in [7, 11) is 1.55. The molecule has 3 aromatic rings. The first-order valence-electron chi connectivity index (χ1n) is 10.2. The van der Waals surface area contributed by atoms with Crippen molar-refractivity contribution < 1.29 is 18.7 Å². The normalized spacial score (nSPS) is 16.5. The van der Waals surface area contributed by atoms with Gasteiger partial charge in [-0.25, -0.2) is 13.7 Å². The van der Waals surface area contributed by atoms with Crippen LogP contribution in [0.4, 0.5) is 9.18 Å². The smallest absolute Gasteiger partial charge is 0.410 e. The lowest BCUT2D eigenvalue weighted by atomic mass is 9.75. The highest BCUT2D eigenvalue weighted by Gasteiger charge is 2.40. The van der Waals surface area contributed by atoms with Gasteiger partial charge in [-0.3, -0.25) is 0 Å².